The van der Waals surface area contributed by atoms with Crippen LogP contribution < -0.4 is 11.1 Å². The Kier molecular flexibility index (Phi) is 8.18. The standard InChI is InChI=1S/C9H19N3O4/c1-3-16-9(14)12(6-4-10)8(13)11-5-7-15-2/h3-7,10H2,1-2H3,(H,11,13). The molecule has 7 nitrogen and oxygen atoms in total. The molecule has 0 aliphatic heterocycles. The topological polar surface area (TPSA) is 93.9 Å². The van der Waals surface area contributed by atoms with Crippen molar-refractivity contribution < 1.29 is 19.1 Å². The first-order valence-corrected chi connectivity index (χ1v) is 5.08. The van der Waals surface area contributed by atoms with Crippen LogP contribution in [0.1, 0.15) is 6.92 Å². The van der Waals surface area contributed by atoms with Gasteiger partial charge in [-0.25, -0.2) is 14.5 Å². The Balaban J connectivity index is 4.17. The van der Waals surface area contributed by atoms with Gasteiger partial charge in [0.1, 0.15) is 0 Å². The largest absolute Gasteiger partial charge is 0.449 e. The minimum absolute atomic E-state index is 0.123. The van der Waals surface area contributed by atoms with Gasteiger partial charge >= 0.3 is 12.1 Å². The number of nitrogens with two attached hydrogens (primary N) is 1. The van der Waals surface area contributed by atoms with Gasteiger partial charge < -0.3 is 20.5 Å². The Bertz CT molecular complexity index is 223. The number of methoxy groups -OCH3 is 1. The zero-order chi connectivity index (χ0) is 12.4. The summed E-state index contributed by atoms with van der Waals surface area (Å²) < 4.78 is 9.49. The molecular formula is C9H19N3O4. The highest BCUT2D eigenvalue weighted by atomic mass is 16.6. The molecule has 3 amide bonds. The Morgan fingerprint density at radius 3 is 2.62 bits per heavy atom. The van der Waals surface area contributed by atoms with Crippen LogP contribution >= 0.6 is 0 Å². The predicted molar refractivity (Wildman–Crippen MR) is 58.1 cm³/mol. The van der Waals surface area contributed by atoms with Crippen LogP contribution in [0.25, 0.3) is 0 Å². The maximum atomic E-state index is 11.5. The number of nitrogens with one attached hydrogen (secondary N) is 1. The summed E-state index contributed by atoms with van der Waals surface area (Å²) in [6, 6.07) is -0.527. The molecule has 0 bridgehead atoms. The van der Waals surface area contributed by atoms with Crippen LogP contribution in [0.5, 0.6) is 0 Å². The summed E-state index contributed by atoms with van der Waals surface area (Å²) in [6.07, 6.45) is -0.692. The molecule has 0 saturated carbocycles. The zero-order valence-electron chi connectivity index (χ0n) is 9.69. The highest BCUT2D eigenvalue weighted by Gasteiger charge is 2.21. The number of hydrogen-bond acceptors (Lipinski definition) is 5. The first-order valence-electron chi connectivity index (χ1n) is 5.08. The van der Waals surface area contributed by atoms with E-state index < -0.39 is 12.1 Å². The van der Waals surface area contributed by atoms with Gasteiger partial charge in [-0.1, -0.05) is 0 Å². The van der Waals surface area contributed by atoms with Crippen LogP contribution in [-0.2, 0) is 9.47 Å². The highest BCUT2D eigenvalue weighted by molar-refractivity contribution is 5.90. The lowest BCUT2D eigenvalue weighted by Gasteiger charge is -2.19. The number of carbonyl (C=O) groups is 2. The van der Waals surface area contributed by atoms with Gasteiger partial charge in [-0.3, -0.25) is 0 Å². The van der Waals surface area contributed by atoms with E-state index in [9.17, 15) is 9.59 Å². The second kappa shape index (κ2) is 8.93. The number of hydrogen-bond donors (Lipinski definition) is 2. The molecule has 0 saturated heterocycles. The molecule has 16 heavy (non-hydrogen) atoms. The first-order chi connectivity index (χ1) is 7.67. The normalized spacial score (nSPS) is 9.69. The summed E-state index contributed by atoms with van der Waals surface area (Å²) in [4.78, 5) is 23.8. The molecule has 0 unspecified atom stereocenters. The molecular weight excluding hydrogens is 214 g/mol. The van der Waals surface area contributed by atoms with E-state index in [1.54, 1.807) is 6.92 Å². The van der Waals surface area contributed by atoms with E-state index in [0.717, 1.165) is 4.90 Å². The van der Waals surface area contributed by atoms with Gasteiger partial charge in [0.25, 0.3) is 0 Å². The van der Waals surface area contributed by atoms with Crippen LogP contribution in [0.2, 0.25) is 0 Å². The van der Waals surface area contributed by atoms with Crippen LogP contribution in [0.4, 0.5) is 9.59 Å². The lowest BCUT2D eigenvalue weighted by Crippen LogP contribution is -2.47. The van der Waals surface area contributed by atoms with E-state index in [1.807, 2.05) is 0 Å². The van der Waals surface area contributed by atoms with Crippen LogP contribution in [0, 0.1) is 0 Å². The molecule has 0 aromatic carbocycles. The minimum Gasteiger partial charge on any atom is -0.449 e. The van der Waals surface area contributed by atoms with Gasteiger partial charge in [0.2, 0.25) is 0 Å². The lowest BCUT2D eigenvalue weighted by atomic mass is 10.5. The van der Waals surface area contributed by atoms with Crippen molar-refractivity contribution in [1.82, 2.24) is 10.2 Å². The monoisotopic (exact) mass is 233 g/mol. The van der Waals surface area contributed by atoms with Crippen molar-refractivity contribution >= 4 is 12.1 Å². The summed E-state index contributed by atoms with van der Waals surface area (Å²) >= 11 is 0. The van der Waals surface area contributed by atoms with E-state index in [0.29, 0.717) is 13.2 Å². The van der Waals surface area contributed by atoms with E-state index in [-0.39, 0.29) is 19.7 Å². The third kappa shape index (κ3) is 5.52. The lowest BCUT2D eigenvalue weighted by molar-refractivity contribution is 0.114. The van der Waals surface area contributed by atoms with Crippen molar-refractivity contribution in [2.24, 2.45) is 5.73 Å². The van der Waals surface area contributed by atoms with Gasteiger partial charge in [-0.15, -0.1) is 0 Å². The number of ether oxygens (including phenoxy) is 2. The minimum atomic E-state index is -0.692. The summed E-state index contributed by atoms with van der Waals surface area (Å²) in [5.41, 5.74) is 5.30. The molecule has 0 aliphatic rings. The fourth-order valence-corrected chi connectivity index (χ4v) is 0.962. The summed E-state index contributed by atoms with van der Waals surface area (Å²) in [5.74, 6) is 0. The van der Waals surface area contributed by atoms with Crippen molar-refractivity contribution in [2.75, 3.05) is 40.0 Å². The van der Waals surface area contributed by atoms with Crippen molar-refractivity contribution in [3.63, 3.8) is 0 Å². The molecule has 94 valence electrons. The zero-order valence-corrected chi connectivity index (χ0v) is 9.69. The summed E-state index contributed by atoms with van der Waals surface area (Å²) in [5, 5.41) is 2.51. The molecule has 0 heterocycles. The fourth-order valence-electron chi connectivity index (χ4n) is 0.962. The average Bonchev–Trinajstić information content (AvgIpc) is 2.26. The first kappa shape index (κ1) is 14.7. The highest BCUT2D eigenvalue weighted by Crippen LogP contribution is 1.94. The third-order valence-electron chi connectivity index (χ3n) is 1.67. The molecule has 7 heteroatoms. The Labute approximate surface area is 94.9 Å². The molecule has 0 atom stereocenters. The maximum Gasteiger partial charge on any atom is 0.418 e. The van der Waals surface area contributed by atoms with Crippen molar-refractivity contribution in [3.8, 4) is 0 Å². The Hall–Kier alpha value is -1.34. The molecule has 3 N–H and O–H groups in total. The smallest absolute Gasteiger partial charge is 0.418 e. The van der Waals surface area contributed by atoms with E-state index in [1.165, 1.54) is 7.11 Å². The summed E-state index contributed by atoms with van der Waals surface area (Å²) in [6.45, 7) is 2.90. The molecule has 0 spiro atoms. The van der Waals surface area contributed by atoms with E-state index in [4.69, 9.17) is 15.2 Å². The van der Waals surface area contributed by atoms with Crippen LogP contribution in [0.15, 0.2) is 0 Å². The number of amides is 3. The second-order valence-electron chi connectivity index (χ2n) is 2.86. The molecule has 0 aromatic heterocycles. The number of nitrogens with zero attached hydrogens (tertiary/aromatic N) is 1. The van der Waals surface area contributed by atoms with Crippen molar-refractivity contribution in [2.45, 2.75) is 6.92 Å². The quantitative estimate of drug-likeness (QED) is 0.617. The van der Waals surface area contributed by atoms with Crippen molar-refractivity contribution in [3.05, 3.63) is 0 Å². The fraction of sp³-hybridized carbons (Fsp3) is 0.778. The molecule has 0 fully saturated rings. The van der Waals surface area contributed by atoms with Crippen molar-refractivity contribution in [1.29, 1.82) is 0 Å². The Morgan fingerprint density at radius 1 is 1.44 bits per heavy atom. The van der Waals surface area contributed by atoms with Gasteiger partial charge in [0.05, 0.1) is 13.2 Å². The number of carbonyl (C=O) groups excluding carboxylic acids is 2. The number of rotatable bonds is 6. The third-order valence-corrected chi connectivity index (χ3v) is 1.67. The van der Waals surface area contributed by atoms with Crippen LogP contribution in [-0.4, -0.2) is 57.0 Å². The number of imide groups is 1. The average molecular weight is 233 g/mol. The SMILES string of the molecule is CCOC(=O)N(CCN)C(=O)NCCOC. The van der Waals surface area contributed by atoms with Gasteiger partial charge in [0, 0.05) is 26.7 Å². The Morgan fingerprint density at radius 2 is 2.12 bits per heavy atom. The van der Waals surface area contributed by atoms with E-state index in [2.05, 4.69) is 5.32 Å². The maximum absolute atomic E-state index is 11.5. The van der Waals surface area contributed by atoms with Gasteiger partial charge in [-0.2, -0.15) is 0 Å². The number of urea groups is 1. The molecule has 0 aromatic rings. The summed E-state index contributed by atoms with van der Waals surface area (Å²) in [7, 11) is 1.52. The van der Waals surface area contributed by atoms with Gasteiger partial charge in [0.15, 0.2) is 0 Å². The molecule has 0 aliphatic carbocycles. The van der Waals surface area contributed by atoms with Gasteiger partial charge in [-0.05, 0) is 6.92 Å². The second-order valence-corrected chi connectivity index (χ2v) is 2.86. The molecule has 0 radical (unpaired) electrons. The molecule has 0 rings (SSSR count). The van der Waals surface area contributed by atoms with E-state index >= 15 is 0 Å². The van der Waals surface area contributed by atoms with Crippen LogP contribution in [0.3, 0.4) is 0 Å². The predicted octanol–water partition coefficient (Wildman–Crippen LogP) is -0.240.